The Labute approximate surface area is 172 Å². The number of aryl methyl sites for hydroxylation is 2. The predicted octanol–water partition coefficient (Wildman–Crippen LogP) is 2.71. The van der Waals surface area contributed by atoms with Crippen molar-refractivity contribution in [3.05, 3.63) is 58.6 Å². The van der Waals surface area contributed by atoms with Gasteiger partial charge in [-0.05, 0) is 43.7 Å². The summed E-state index contributed by atoms with van der Waals surface area (Å²) in [4.78, 5) is 24.5. The third-order valence-corrected chi connectivity index (χ3v) is 4.57. The lowest BCUT2D eigenvalue weighted by Crippen LogP contribution is -2.22. The van der Waals surface area contributed by atoms with Gasteiger partial charge in [-0.1, -0.05) is 11.6 Å². The number of carbonyl (C=O) groups is 2. The van der Waals surface area contributed by atoms with E-state index in [4.69, 9.17) is 16.3 Å². The molecule has 0 aliphatic carbocycles. The summed E-state index contributed by atoms with van der Waals surface area (Å²) in [6, 6.07) is 6.91. The molecule has 9 nitrogen and oxygen atoms in total. The van der Waals surface area contributed by atoms with E-state index < -0.39 is 5.91 Å². The lowest BCUT2D eigenvalue weighted by molar-refractivity contribution is 0.0958. The molecule has 2 amide bonds. The van der Waals surface area contributed by atoms with Crippen LogP contribution in [0.1, 0.15) is 33.5 Å². The number of rotatable bonds is 7. The molecule has 0 aliphatic rings. The van der Waals surface area contributed by atoms with E-state index in [1.165, 1.54) is 11.7 Å². The molecule has 0 bridgehead atoms. The molecular formula is C19H21ClN6O3. The number of hydrogen-bond acceptors (Lipinski definition) is 5. The van der Waals surface area contributed by atoms with Crippen molar-refractivity contribution in [1.29, 1.82) is 0 Å². The summed E-state index contributed by atoms with van der Waals surface area (Å²) in [6.07, 6.45) is 3.23. The summed E-state index contributed by atoms with van der Waals surface area (Å²) in [5.41, 5.74) is 1.56. The number of halogens is 1. The van der Waals surface area contributed by atoms with Gasteiger partial charge in [0, 0.05) is 31.0 Å². The maximum atomic E-state index is 12.5. The highest BCUT2D eigenvalue weighted by molar-refractivity contribution is 6.31. The monoisotopic (exact) mass is 416 g/mol. The minimum Gasteiger partial charge on any atom is -0.471 e. The summed E-state index contributed by atoms with van der Waals surface area (Å²) in [5.74, 6) is -0.188. The van der Waals surface area contributed by atoms with Crippen molar-refractivity contribution in [2.75, 3.05) is 12.4 Å². The lowest BCUT2D eigenvalue weighted by Gasteiger charge is -2.07. The standard InChI is InChI=1S/C19H21ClN6O3/c1-4-25-10-16(17(24-25)19(28)21-3)22-18(27)15-7-8-26(23-15)11-29-13-5-6-14(20)12(2)9-13/h5-10H,4,11H2,1-3H3,(H,21,28)(H,22,27). The number of anilines is 1. The van der Waals surface area contributed by atoms with E-state index in [-0.39, 0.29) is 24.0 Å². The maximum absolute atomic E-state index is 12.5. The normalized spacial score (nSPS) is 10.6. The van der Waals surface area contributed by atoms with Crippen molar-refractivity contribution >= 4 is 29.1 Å². The molecule has 0 unspecified atom stereocenters. The Balaban J connectivity index is 1.67. The van der Waals surface area contributed by atoms with Gasteiger partial charge in [-0.3, -0.25) is 14.3 Å². The zero-order chi connectivity index (χ0) is 21.0. The molecule has 29 heavy (non-hydrogen) atoms. The second-order valence-corrected chi connectivity index (χ2v) is 6.61. The Bertz CT molecular complexity index is 1040. The molecule has 10 heteroatoms. The van der Waals surface area contributed by atoms with Crippen molar-refractivity contribution in [2.45, 2.75) is 27.1 Å². The van der Waals surface area contributed by atoms with E-state index in [2.05, 4.69) is 20.8 Å². The second kappa shape index (κ2) is 8.78. The van der Waals surface area contributed by atoms with Gasteiger partial charge < -0.3 is 15.4 Å². The van der Waals surface area contributed by atoms with Crippen LogP contribution in [0.5, 0.6) is 5.75 Å². The molecule has 0 aliphatic heterocycles. The fraction of sp³-hybridized carbons (Fsp3) is 0.263. The number of nitrogens with one attached hydrogen (secondary N) is 2. The van der Waals surface area contributed by atoms with Gasteiger partial charge in [0.1, 0.15) is 5.75 Å². The number of benzene rings is 1. The molecule has 0 fully saturated rings. The zero-order valence-corrected chi connectivity index (χ0v) is 17.0. The fourth-order valence-corrected chi connectivity index (χ4v) is 2.67. The molecule has 2 heterocycles. The highest BCUT2D eigenvalue weighted by Gasteiger charge is 2.19. The van der Waals surface area contributed by atoms with Gasteiger partial charge in [0.2, 0.25) is 0 Å². The van der Waals surface area contributed by atoms with Crippen LogP contribution in [0.2, 0.25) is 5.02 Å². The Morgan fingerprint density at radius 2 is 1.97 bits per heavy atom. The van der Waals surface area contributed by atoms with Crippen LogP contribution in [0.15, 0.2) is 36.7 Å². The summed E-state index contributed by atoms with van der Waals surface area (Å²) >= 11 is 6.00. The van der Waals surface area contributed by atoms with Gasteiger partial charge in [0.15, 0.2) is 18.1 Å². The first-order chi connectivity index (χ1) is 13.9. The quantitative estimate of drug-likeness (QED) is 0.616. The molecule has 3 aromatic rings. The van der Waals surface area contributed by atoms with Gasteiger partial charge in [0.25, 0.3) is 11.8 Å². The van der Waals surface area contributed by atoms with Crippen molar-refractivity contribution in [3.8, 4) is 5.75 Å². The van der Waals surface area contributed by atoms with E-state index in [1.807, 2.05) is 19.9 Å². The van der Waals surface area contributed by atoms with Crippen molar-refractivity contribution in [3.63, 3.8) is 0 Å². The van der Waals surface area contributed by atoms with Crippen LogP contribution < -0.4 is 15.4 Å². The predicted molar refractivity (Wildman–Crippen MR) is 108 cm³/mol. The van der Waals surface area contributed by atoms with Gasteiger partial charge in [0.05, 0.1) is 5.69 Å². The Hall–Kier alpha value is -3.33. The van der Waals surface area contributed by atoms with Gasteiger partial charge in [-0.2, -0.15) is 10.2 Å². The maximum Gasteiger partial charge on any atom is 0.276 e. The first-order valence-corrected chi connectivity index (χ1v) is 9.32. The van der Waals surface area contributed by atoms with Gasteiger partial charge in [-0.25, -0.2) is 4.68 Å². The highest BCUT2D eigenvalue weighted by Crippen LogP contribution is 2.21. The largest absolute Gasteiger partial charge is 0.471 e. The van der Waals surface area contributed by atoms with Gasteiger partial charge >= 0.3 is 0 Å². The third kappa shape index (κ3) is 4.75. The van der Waals surface area contributed by atoms with Crippen LogP contribution in [0.4, 0.5) is 5.69 Å². The fourth-order valence-electron chi connectivity index (χ4n) is 2.55. The molecule has 2 aromatic heterocycles. The molecule has 1 aromatic carbocycles. The number of ether oxygens (including phenoxy) is 1. The molecular weight excluding hydrogens is 396 g/mol. The Morgan fingerprint density at radius 3 is 2.66 bits per heavy atom. The van der Waals surface area contributed by atoms with Crippen molar-refractivity contribution in [1.82, 2.24) is 24.9 Å². The van der Waals surface area contributed by atoms with Crippen molar-refractivity contribution < 1.29 is 14.3 Å². The van der Waals surface area contributed by atoms with Crippen LogP contribution in [0.3, 0.4) is 0 Å². The number of amides is 2. The zero-order valence-electron chi connectivity index (χ0n) is 16.3. The molecule has 0 spiro atoms. The first-order valence-electron chi connectivity index (χ1n) is 8.94. The SMILES string of the molecule is CCn1cc(NC(=O)c2ccn(COc3ccc(Cl)c(C)c3)n2)c(C(=O)NC)n1. The topological polar surface area (TPSA) is 103 Å². The first kappa shape index (κ1) is 20.4. The van der Waals surface area contributed by atoms with Crippen LogP contribution >= 0.6 is 11.6 Å². The Morgan fingerprint density at radius 1 is 1.17 bits per heavy atom. The van der Waals surface area contributed by atoms with E-state index in [0.717, 1.165) is 5.56 Å². The number of carbonyl (C=O) groups excluding carboxylic acids is 2. The smallest absolute Gasteiger partial charge is 0.276 e. The molecule has 0 saturated heterocycles. The number of aromatic nitrogens is 4. The average molecular weight is 417 g/mol. The molecule has 0 atom stereocenters. The van der Waals surface area contributed by atoms with E-state index in [0.29, 0.717) is 23.0 Å². The minimum atomic E-state index is -0.452. The summed E-state index contributed by atoms with van der Waals surface area (Å²) < 4.78 is 8.73. The van der Waals surface area contributed by atoms with Crippen molar-refractivity contribution in [2.24, 2.45) is 0 Å². The lowest BCUT2D eigenvalue weighted by atomic mass is 10.2. The number of hydrogen-bond donors (Lipinski definition) is 2. The molecule has 0 radical (unpaired) electrons. The van der Waals surface area contributed by atoms with Gasteiger partial charge in [-0.15, -0.1) is 0 Å². The van der Waals surface area contributed by atoms with Crippen LogP contribution in [-0.2, 0) is 13.3 Å². The third-order valence-electron chi connectivity index (χ3n) is 4.14. The van der Waals surface area contributed by atoms with Crippen LogP contribution in [0, 0.1) is 6.92 Å². The summed E-state index contributed by atoms with van der Waals surface area (Å²) in [5, 5.41) is 14.2. The summed E-state index contributed by atoms with van der Waals surface area (Å²) in [6.45, 7) is 4.47. The Kier molecular flexibility index (Phi) is 6.18. The minimum absolute atomic E-state index is 0.131. The van der Waals surface area contributed by atoms with E-state index in [1.54, 1.807) is 35.3 Å². The highest BCUT2D eigenvalue weighted by atomic mass is 35.5. The average Bonchev–Trinajstić information content (AvgIpc) is 3.35. The molecule has 2 N–H and O–H groups in total. The second-order valence-electron chi connectivity index (χ2n) is 6.21. The molecule has 3 rings (SSSR count). The summed E-state index contributed by atoms with van der Waals surface area (Å²) in [7, 11) is 1.50. The number of nitrogens with zero attached hydrogens (tertiary/aromatic N) is 4. The van der Waals surface area contributed by atoms with E-state index in [9.17, 15) is 9.59 Å². The van der Waals surface area contributed by atoms with E-state index >= 15 is 0 Å². The molecule has 0 saturated carbocycles. The van der Waals surface area contributed by atoms with Crippen LogP contribution in [0.25, 0.3) is 0 Å². The van der Waals surface area contributed by atoms with Crippen LogP contribution in [-0.4, -0.2) is 38.4 Å². The molecule has 152 valence electrons.